The highest BCUT2D eigenvalue weighted by Crippen LogP contribution is 2.29. The summed E-state index contributed by atoms with van der Waals surface area (Å²) in [4.78, 5) is 15.1. The monoisotopic (exact) mass is 318 g/mol. The lowest BCUT2D eigenvalue weighted by atomic mass is 10.2. The Morgan fingerprint density at radius 3 is 2.62 bits per heavy atom. The van der Waals surface area contributed by atoms with E-state index in [0.717, 1.165) is 11.8 Å². The summed E-state index contributed by atoms with van der Waals surface area (Å²) in [6.07, 6.45) is -3.04. The topological polar surface area (TPSA) is 59.8 Å². The number of carbonyl (C=O) groups is 1. The zero-order valence-electron chi connectivity index (χ0n) is 10.8. The van der Waals surface area contributed by atoms with E-state index in [1.165, 1.54) is 0 Å². The molecule has 0 fully saturated rings. The third-order valence-electron chi connectivity index (χ3n) is 2.74. The van der Waals surface area contributed by atoms with Crippen LogP contribution in [0.25, 0.3) is 0 Å². The van der Waals surface area contributed by atoms with Crippen LogP contribution in [0.5, 0.6) is 0 Å². The molecule has 9 heteroatoms. The van der Waals surface area contributed by atoms with Crippen LogP contribution >= 0.6 is 11.6 Å². The van der Waals surface area contributed by atoms with E-state index in [2.05, 4.69) is 15.4 Å². The number of pyridine rings is 1. The number of aryl methyl sites for hydroxylation is 1. The highest BCUT2D eigenvalue weighted by atomic mass is 35.5. The highest BCUT2D eigenvalue weighted by molar-refractivity contribution is 6.32. The highest BCUT2D eigenvalue weighted by Gasteiger charge is 2.33. The second-order valence-corrected chi connectivity index (χ2v) is 4.52. The molecule has 0 unspecified atom stereocenters. The fraction of sp³-hybridized carbons (Fsp3) is 0.250. The van der Waals surface area contributed by atoms with E-state index in [4.69, 9.17) is 11.6 Å². The molecule has 0 aromatic carbocycles. The third kappa shape index (κ3) is 3.52. The molecule has 0 radical (unpaired) electrons. The number of aromatic nitrogens is 3. The Morgan fingerprint density at radius 1 is 1.38 bits per heavy atom. The Bertz CT molecular complexity index is 669. The molecule has 2 aromatic heterocycles. The van der Waals surface area contributed by atoms with Crippen LogP contribution in [0.2, 0.25) is 5.15 Å². The van der Waals surface area contributed by atoms with Gasteiger partial charge in [-0.3, -0.25) is 9.48 Å². The summed E-state index contributed by atoms with van der Waals surface area (Å²) in [5.74, 6) is -0.609. The van der Waals surface area contributed by atoms with Crippen molar-refractivity contribution in [3.8, 4) is 0 Å². The van der Waals surface area contributed by atoms with Gasteiger partial charge in [-0.1, -0.05) is 11.6 Å². The summed E-state index contributed by atoms with van der Waals surface area (Å²) in [6, 6.07) is 3.41. The lowest BCUT2D eigenvalue weighted by Crippen LogP contribution is -2.25. The van der Waals surface area contributed by atoms with Crippen molar-refractivity contribution in [1.29, 1.82) is 0 Å². The Labute approximate surface area is 122 Å². The average Bonchev–Trinajstić information content (AvgIpc) is 2.80. The van der Waals surface area contributed by atoms with Gasteiger partial charge in [0.1, 0.15) is 10.8 Å². The van der Waals surface area contributed by atoms with Gasteiger partial charge in [0.2, 0.25) is 0 Å². The van der Waals surface area contributed by atoms with Crippen LogP contribution in [0.3, 0.4) is 0 Å². The van der Waals surface area contributed by atoms with Crippen LogP contribution in [0.15, 0.2) is 24.4 Å². The van der Waals surface area contributed by atoms with Gasteiger partial charge in [0.25, 0.3) is 5.91 Å². The van der Waals surface area contributed by atoms with Crippen molar-refractivity contribution in [3.63, 3.8) is 0 Å². The van der Waals surface area contributed by atoms with E-state index in [0.29, 0.717) is 6.07 Å². The van der Waals surface area contributed by atoms with Gasteiger partial charge >= 0.3 is 6.18 Å². The Kier molecular flexibility index (Phi) is 4.17. The first-order valence-corrected chi connectivity index (χ1v) is 6.15. The Hall–Kier alpha value is -2.09. The summed E-state index contributed by atoms with van der Waals surface area (Å²) in [6.45, 7) is 0.173. The number of nitrogens with one attached hydrogen (secondary N) is 1. The van der Waals surface area contributed by atoms with Crippen LogP contribution < -0.4 is 5.32 Å². The second kappa shape index (κ2) is 5.72. The molecule has 1 N–H and O–H groups in total. The van der Waals surface area contributed by atoms with Crippen LogP contribution in [-0.4, -0.2) is 20.7 Å². The molecule has 0 saturated carbocycles. The molecule has 1 amide bonds. The molecule has 2 rings (SSSR count). The maximum Gasteiger partial charge on any atom is 0.433 e. The number of amides is 1. The minimum atomic E-state index is -4.60. The van der Waals surface area contributed by atoms with Crippen molar-refractivity contribution in [2.75, 3.05) is 0 Å². The Balaban J connectivity index is 2.11. The lowest BCUT2D eigenvalue weighted by Gasteiger charge is -2.09. The number of hydrogen-bond donors (Lipinski definition) is 1. The summed E-state index contributed by atoms with van der Waals surface area (Å²) < 4.78 is 38.9. The molecule has 0 aliphatic carbocycles. The average molecular weight is 319 g/mol. The van der Waals surface area contributed by atoms with Crippen LogP contribution in [0, 0.1) is 0 Å². The van der Waals surface area contributed by atoms with E-state index >= 15 is 0 Å². The van der Waals surface area contributed by atoms with Crippen molar-refractivity contribution in [2.24, 2.45) is 7.05 Å². The van der Waals surface area contributed by atoms with Crippen molar-refractivity contribution >= 4 is 17.5 Å². The zero-order valence-corrected chi connectivity index (χ0v) is 11.5. The maximum absolute atomic E-state index is 12.4. The van der Waals surface area contributed by atoms with Gasteiger partial charge in [0.05, 0.1) is 17.8 Å². The predicted molar refractivity (Wildman–Crippen MR) is 68.6 cm³/mol. The first-order valence-electron chi connectivity index (χ1n) is 5.78. The summed E-state index contributed by atoms with van der Waals surface area (Å²) in [5.41, 5.74) is -0.526. The first-order chi connectivity index (χ1) is 9.79. The standard InChI is InChI=1S/C12H10ClF3N4O/c1-20-7(4-5-18-20)6-17-11(21)8-2-3-9(12(14,15)16)19-10(8)13/h2-5H,6H2,1H3,(H,17,21). The molecule has 2 heterocycles. The first kappa shape index (κ1) is 15.3. The van der Waals surface area contributed by atoms with Gasteiger partial charge in [-0.15, -0.1) is 0 Å². The van der Waals surface area contributed by atoms with Crippen molar-refractivity contribution in [2.45, 2.75) is 12.7 Å². The van der Waals surface area contributed by atoms with E-state index in [9.17, 15) is 18.0 Å². The number of halogens is 4. The van der Waals surface area contributed by atoms with Crippen LogP contribution in [0.1, 0.15) is 21.7 Å². The number of carbonyl (C=O) groups excluding carboxylic acids is 1. The SMILES string of the molecule is Cn1nccc1CNC(=O)c1ccc(C(F)(F)F)nc1Cl. The summed E-state index contributed by atoms with van der Waals surface area (Å²) in [5, 5.41) is 5.97. The molecule has 0 aliphatic rings. The predicted octanol–water partition coefficient (Wildman–Crippen LogP) is 2.42. The molecule has 0 atom stereocenters. The van der Waals surface area contributed by atoms with Gasteiger partial charge in [-0.25, -0.2) is 4.98 Å². The quantitative estimate of drug-likeness (QED) is 0.884. The molecule has 0 spiro atoms. The van der Waals surface area contributed by atoms with Gasteiger partial charge in [-0.2, -0.15) is 18.3 Å². The summed E-state index contributed by atoms with van der Waals surface area (Å²) >= 11 is 5.63. The van der Waals surface area contributed by atoms with Gasteiger partial charge in [0.15, 0.2) is 0 Å². The maximum atomic E-state index is 12.4. The van der Waals surface area contributed by atoms with E-state index < -0.39 is 22.9 Å². The van der Waals surface area contributed by atoms with Gasteiger partial charge < -0.3 is 5.32 Å². The molecule has 0 saturated heterocycles. The smallest absolute Gasteiger partial charge is 0.346 e. The minimum Gasteiger partial charge on any atom is -0.346 e. The molecule has 0 aliphatic heterocycles. The molecule has 5 nitrogen and oxygen atoms in total. The van der Waals surface area contributed by atoms with Gasteiger partial charge in [0, 0.05) is 13.2 Å². The molecular formula is C12H10ClF3N4O. The fourth-order valence-corrected chi connectivity index (χ4v) is 1.84. The molecule has 0 bridgehead atoms. The van der Waals surface area contributed by atoms with Crippen LogP contribution in [0.4, 0.5) is 13.2 Å². The Morgan fingerprint density at radius 2 is 2.10 bits per heavy atom. The molecule has 112 valence electrons. The van der Waals surface area contributed by atoms with E-state index in [-0.39, 0.29) is 12.1 Å². The van der Waals surface area contributed by atoms with Crippen molar-refractivity contribution < 1.29 is 18.0 Å². The number of rotatable bonds is 3. The molecular weight excluding hydrogens is 309 g/mol. The summed E-state index contributed by atoms with van der Waals surface area (Å²) in [7, 11) is 1.70. The zero-order chi connectivity index (χ0) is 15.6. The van der Waals surface area contributed by atoms with E-state index in [1.807, 2.05) is 0 Å². The van der Waals surface area contributed by atoms with Crippen LogP contribution in [-0.2, 0) is 19.8 Å². The number of hydrogen-bond acceptors (Lipinski definition) is 3. The van der Waals surface area contributed by atoms with Crippen molar-refractivity contribution in [3.05, 3.63) is 46.5 Å². The second-order valence-electron chi connectivity index (χ2n) is 4.16. The van der Waals surface area contributed by atoms with E-state index in [1.54, 1.807) is 24.0 Å². The fourth-order valence-electron chi connectivity index (χ4n) is 1.60. The third-order valence-corrected chi connectivity index (χ3v) is 3.02. The lowest BCUT2D eigenvalue weighted by molar-refractivity contribution is -0.141. The largest absolute Gasteiger partial charge is 0.433 e. The normalized spacial score (nSPS) is 11.5. The van der Waals surface area contributed by atoms with Crippen molar-refractivity contribution in [1.82, 2.24) is 20.1 Å². The number of alkyl halides is 3. The molecule has 21 heavy (non-hydrogen) atoms. The van der Waals surface area contributed by atoms with Gasteiger partial charge in [-0.05, 0) is 18.2 Å². The molecule has 2 aromatic rings. The minimum absolute atomic E-state index is 0.119. The number of nitrogens with zero attached hydrogens (tertiary/aromatic N) is 3.